The Balaban J connectivity index is 1.31. The van der Waals surface area contributed by atoms with Crippen LogP contribution in [-0.2, 0) is 7.05 Å². The Morgan fingerprint density at radius 2 is 1.73 bits per heavy atom. The van der Waals surface area contributed by atoms with E-state index in [0.29, 0.717) is 6.04 Å². The van der Waals surface area contributed by atoms with Crippen LogP contribution in [0, 0.1) is 0 Å². The van der Waals surface area contributed by atoms with Gasteiger partial charge in [-0.1, -0.05) is 0 Å². The van der Waals surface area contributed by atoms with Gasteiger partial charge in [-0.05, 0) is 12.8 Å². The second-order valence-electron chi connectivity index (χ2n) is 6.86. The molecule has 0 radical (unpaired) electrons. The quantitative estimate of drug-likeness (QED) is 0.746. The molecular weight excluding hydrogens is 330 g/mol. The Bertz CT molecular complexity index is 925. The maximum Gasteiger partial charge on any atom is 0.163 e. The predicted octanol–water partition coefficient (Wildman–Crippen LogP) is 1.05. The van der Waals surface area contributed by atoms with Crippen molar-refractivity contribution in [1.29, 1.82) is 0 Å². The van der Waals surface area contributed by atoms with Gasteiger partial charge in [-0.3, -0.25) is 4.68 Å². The number of hydrogen-bond acceptors (Lipinski definition) is 8. The number of aromatic nitrogens is 6. The lowest BCUT2D eigenvalue weighted by atomic mass is 10.2. The van der Waals surface area contributed by atoms with Crippen molar-refractivity contribution in [2.75, 3.05) is 41.3 Å². The molecule has 0 unspecified atom stereocenters. The molecule has 134 valence electrons. The molecule has 3 aromatic heterocycles. The average molecular weight is 351 g/mol. The fraction of sp³-hybridized carbons (Fsp3) is 0.471. The summed E-state index contributed by atoms with van der Waals surface area (Å²) in [4.78, 5) is 22.2. The predicted molar refractivity (Wildman–Crippen MR) is 99.4 cm³/mol. The van der Waals surface area contributed by atoms with E-state index >= 15 is 0 Å². The minimum absolute atomic E-state index is 0.592. The molecule has 5 rings (SSSR count). The van der Waals surface area contributed by atoms with Gasteiger partial charge in [0.2, 0.25) is 0 Å². The molecule has 0 bridgehead atoms. The van der Waals surface area contributed by atoms with Crippen molar-refractivity contribution in [1.82, 2.24) is 29.7 Å². The highest BCUT2D eigenvalue weighted by Crippen LogP contribution is 2.26. The summed E-state index contributed by atoms with van der Waals surface area (Å²) in [7, 11) is 1.90. The highest BCUT2D eigenvalue weighted by molar-refractivity contribution is 5.86. The van der Waals surface area contributed by atoms with Crippen LogP contribution in [0.2, 0.25) is 0 Å². The molecule has 0 atom stereocenters. The smallest absolute Gasteiger partial charge is 0.163 e. The highest BCUT2D eigenvalue weighted by Gasteiger charge is 2.24. The lowest BCUT2D eigenvalue weighted by Crippen LogP contribution is -2.47. The van der Waals surface area contributed by atoms with Gasteiger partial charge in [0.1, 0.15) is 30.1 Å². The number of anilines is 3. The highest BCUT2D eigenvalue weighted by atomic mass is 15.3. The zero-order valence-corrected chi connectivity index (χ0v) is 14.7. The number of aryl methyl sites for hydroxylation is 1. The van der Waals surface area contributed by atoms with Crippen LogP contribution in [0.4, 0.5) is 17.5 Å². The topological polar surface area (TPSA) is 87.9 Å². The van der Waals surface area contributed by atoms with Crippen molar-refractivity contribution in [2.24, 2.45) is 7.05 Å². The fourth-order valence-corrected chi connectivity index (χ4v) is 3.38. The molecule has 0 amide bonds. The van der Waals surface area contributed by atoms with E-state index in [4.69, 9.17) is 0 Å². The molecule has 1 saturated carbocycles. The van der Waals surface area contributed by atoms with Gasteiger partial charge in [-0.2, -0.15) is 5.10 Å². The van der Waals surface area contributed by atoms with Crippen molar-refractivity contribution in [3.05, 3.63) is 24.9 Å². The Hall–Kier alpha value is -2.97. The lowest BCUT2D eigenvalue weighted by Gasteiger charge is -2.36. The number of nitrogens with zero attached hydrogens (tertiary/aromatic N) is 8. The minimum Gasteiger partial charge on any atom is -0.367 e. The Morgan fingerprint density at radius 1 is 0.962 bits per heavy atom. The van der Waals surface area contributed by atoms with Crippen LogP contribution in [0.15, 0.2) is 24.9 Å². The van der Waals surface area contributed by atoms with Gasteiger partial charge in [-0.25, -0.2) is 19.9 Å². The summed E-state index contributed by atoms with van der Waals surface area (Å²) in [6.07, 6.45) is 7.58. The minimum atomic E-state index is 0.592. The van der Waals surface area contributed by atoms with E-state index < -0.39 is 0 Å². The first kappa shape index (κ1) is 15.3. The average Bonchev–Trinajstić information content (AvgIpc) is 3.42. The molecular formula is C17H21N9. The second kappa shape index (κ2) is 6.08. The van der Waals surface area contributed by atoms with E-state index in [-0.39, 0.29) is 0 Å². The Labute approximate surface area is 151 Å². The van der Waals surface area contributed by atoms with Gasteiger partial charge in [0.05, 0.1) is 11.6 Å². The van der Waals surface area contributed by atoms with Crippen LogP contribution in [0.25, 0.3) is 11.0 Å². The van der Waals surface area contributed by atoms with Crippen molar-refractivity contribution < 1.29 is 0 Å². The summed E-state index contributed by atoms with van der Waals surface area (Å²) in [5.41, 5.74) is 0.865. The molecule has 4 heterocycles. The SMILES string of the molecule is Cn1ncc2c(N3CCN(c4cc(NC5CC5)ncn4)CC3)ncnc21. The number of nitrogens with one attached hydrogen (secondary N) is 1. The van der Waals surface area contributed by atoms with Crippen LogP contribution < -0.4 is 15.1 Å². The second-order valence-corrected chi connectivity index (χ2v) is 6.86. The molecule has 1 N–H and O–H groups in total. The van der Waals surface area contributed by atoms with Crippen LogP contribution in [0.3, 0.4) is 0 Å². The zero-order chi connectivity index (χ0) is 17.5. The maximum atomic E-state index is 4.50. The van der Waals surface area contributed by atoms with Crippen LogP contribution >= 0.6 is 0 Å². The first-order chi connectivity index (χ1) is 12.8. The first-order valence-electron chi connectivity index (χ1n) is 8.99. The summed E-state index contributed by atoms with van der Waals surface area (Å²) in [5, 5.41) is 8.74. The summed E-state index contributed by atoms with van der Waals surface area (Å²) < 4.78 is 1.78. The molecule has 0 spiro atoms. The van der Waals surface area contributed by atoms with E-state index in [0.717, 1.165) is 54.7 Å². The van der Waals surface area contributed by atoms with Crippen molar-refractivity contribution in [2.45, 2.75) is 18.9 Å². The van der Waals surface area contributed by atoms with Gasteiger partial charge >= 0.3 is 0 Å². The van der Waals surface area contributed by atoms with Crippen molar-refractivity contribution in [3.8, 4) is 0 Å². The zero-order valence-electron chi connectivity index (χ0n) is 14.7. The summed E-state index contributed by atoms with van der Waals surface area (Å²) >= 11 is 0. The third-order valence-corrected chi connectivity index (χ3v) is 4.99. The third kappa shape index (κ3) is 2.79. The number of piperazine rings is 1. The molecule has 1 saturated heterocycles. The molecule has 2 aliphatic rings. The Kier molecular flexibility index (Phi) is 3.58. The van der Waals surface area contributed by atoms with E-state index in [2.05, 4.69) is 46.2 Å². The molecule has 1 aliphatic carbocycles. The van der Waals surface area contributed by atoms with Gasteiger partial charge < -0.3 is 15.1 Å². The molecule has 0 aromatic carbocycles. The van der Waals surface area contributed by atoms with E-state index in [1.54, 1.807) is 17.3 Å². The molecule has 9 heteroatoms. The number of hydrogen-bond donors (Lipinski definition) is 1. The molecule has 26 heavy (non-hydrogen) atoms. The number of fused-ring (bicyclic) bond motifs is 1. The van der Waals surface area contributed by atoms with E-state index in [1.165, 1.54) is 12.8 Å². The normalized spacial score (nSPS) is 17.7. The van der Waals surface area contributed by atoms with Crippen molar-refractivity contribution >= 4 is 28.5 Å². The van der Waals surface area contributed by atoms with Crippen molar-refractivity contribution in [3.63, 3.8) is 0 Å². The fourth-order valence-electron chi connectivity index (χ4n) is 3.38. The van der Waals surface area contributed by atoms with E-state index in [1.807, 2.05) is 13.2 Å². The summed E-state index contributed by atoms with van der Waals surface area (Å²) in [5.74, 6) is 2.87. The lowest BCUT2D eigenvalue weighted by molar-refractivity contribution is 0.642. The van der Waals surface area contributed by atoms with Gasteiger partial charge in [0, 0.05) is 45.3 Å². The van der Waals surface area contributed by atoms with Gasteiger partial charge in [-0.15, -0.1) is 0 Å². The van der Waals surface area contributed by atoms with Gasteiger partial charge in [0.15, 0.2) is 5.65 Å². The monoisotopic (exact) mass is 351 g/mol. The van der Waals surface area contributed by atoms with Gasteiger partial charge in [0.25, 0.3) is 0 Å². The summed E-state index contributed by atoms with van der Waals surface area (Å²) in [6, 6.07) is 2.65. The van der Waals surface area contributed by atoms with Crippen LogP contribution in [0.1, 0.15) is 12.8 Å². The van der Waals surface area contributed by atoms with Crippen LogP contribution in [-0.4, -0.2) is 61.9 Å². The largest absolute Gasteiger partial charge is 0.367 e. The molecule has 3 aromatic rings. The Morgan fingerprint density at radius 3 is 2.54 bits per heavy atom. The number of rotatable bonds is 4. The standard InChI is InChI=1S/C17H21N9/c1-24-16-13(9-22-24)17(21-11-20-16)26-6-4-25(5-7-26)15-8-14(18-10-19-15)23-12-2-3-12/h8-12H,2-7H2,1H3,(H,18,19,23). The molecule has 1 aliphatic heterocycles. The van der Waals surface area contributed by atoms with Crippen LogP contribution in [0.5, 0.6) is 0 Å². The maximum absolute atomic E-state index is 4.50. The summed E-state index contributed by atoms with van der Waals surface area (Å²) in [6.45, 7) is 3.56. The van der Waals surface area contributed by atoms with E-state index in [9.17, 15) is 0 Å². The third-order valence-electron chi connectivity index (χ3n) is 4.99. The first-order valence-corrected chi connectivity index (χ1v) is 8.99. The molecule has 2 fully saturated rings. The molecule has 9 nitrogen and oxygen atoms in total.